The molecule has 33 heavy (non-hydrogen) atoms. The Hall–Kier alpha value is -4.08. The fourth-order valence-corrected chi connectivity index (χ4v) is 2.44. The van der Waals surface area contributed by atoms with E-state index in [1.54, 1.807) is 32.9 Å². The van der Waals surface area contributed by atoms with E-state index in [0.717, 1.165) is 5.01 Å². The van der Waals surface area contributed by atoms with Crippen molar-refractivity contribution in [3.63, 3.8) is 0 Å². The van der Waals surface area contributed by atoms with E-state index in [1.807, 2.05) is 0 Å². The lowest BCUT2D eigenvalue weighted by Gasteiger charge is -2.36. The number of methoxy groups -OCH3 is 1. The summed E-state index contributed by atoms with van der Waals surface area (Å²) < 4.78 is 44.0. The topological polar surface area (TPSA) is 121 Å². The molecule has 1 heterocycles. The van der Waals surface area contributed by atoms with Crippen LogP contribution in [0, 0.1) is 16.7 Å². The van der Waals surface area contributed by atoms with Crippen molar-refractivity contribution in [3.8, 4) is 11.8 Å². The van der Waals surface area contributed by atoms with E-state index < -0.39 is 23.6 Å². The summed E-state index contributed by atoms with van der Waals surface area (Å²) in [5.41, 5.74) is -0.472. The first kappa shape index (κ1) is 25.2. The van der Waals surface area contributed by atoms with Crippen molar-refractivity contribution in [1.82, 2.24) is 15.1 Å². The highest BCUT2D eigenvalue weighted by Gasteiger charge is 2.45. The van der Waals surface area contributed by atoms with Crippen LogP contribution in [0.4, 0.5) is 29.5 Å². The number of halogens is 3. The summed E-state index contributed by atoms with van der Waals surface area (Å²) >= 11 is 0. The van der Waals surface area contributed by atoms with E-state index in [0.29, 0.717) is 5.75 Å². The molecule has 0 saturated carbocycles. The summed E-state index contributed by atoms with van der Waals surface area (Å²) in [6, 6.07) is 7.71. The Morgan fingerprint density at radius 1 is 1.21 bits per heavy atom. The molecule has 10 nitrogen and oxygen atoms in total. The molecule has 0 atom stereocenters. The summed E-state index contributed by atoms with van der Waals surface area (Å²) in [6.07, 6.45) is -4.20. The number of hydroxylamine groups is 1. The van der Waals surface area contributed by atoms with Crippen molar-refractivity contribution in [2.75, 3.05) is 24.0 Å². The minimum Gasteiger partial charge on any atom is -0.497 e. The Balaban J connectivity index is 2.53. The lowest BCUT2D eigenvalue weighted by atomic mass is 9.97. The van der Waals surface area contributed by atoms with Crippen LogP contribution in [0.5, 0.6) is 5.75 Å². The molecular weight excluding hydrogens is 445 g/mol. The van der Waals surface area contributed by atoms with Gasteiger partial charge < -0.3 is 14.9 Å². The van der Waals surface area contributed by atoms with Crippen LogP contribution in [0.15, 0.2) is 36.5 Å². The number of hydrogen-bond donors (Lipinski definition) is 1. The molecule has 2 amide bonds. The van der Waals surface area contributed by atoms with Crippen LogP contribution < -0.4 is 15.1 Å². The Kier molecular flexibility index (Phi) is 7.65. The maximum absolute atomic E-state index is 13.0. The van der Waals surface area contributed by atoms with Gasteiger partial charge in [0.1, 0.15) is 11.8 Å². The van der Waals surface area contributed by atoms with Gasteiger partial charge in [0.05, 0.1) is 7.11 Å². The summed E-state index contributed by atoms with van der Waals surface area (Å²) in [6.45, 7) is 5.06. The number of amides is 2. The molecule has 1 aromatic carbocycles. The Morgan fingerprint density at radius 3 is 2.48 bits per heavy atom. The monoisotopic (exact) mass is 466 g/mol. The number of nitrogens with one attached hydrogen (secondary N) is 1. The van der Waals surface area contributed by atoms with Crippen molar-refractivity contribution < 1.29 is 32.3 Å². The van der Waals surface area contributed by atoms with Crippen molar-refractivity contribution >= 4 is 23.5 Å². The smallest absolute Gasteiger partial charge is 0.493 e. The normalized spacial score (nSPS) is 11.2. The number of hydrogen-bond acceptors (Lipinski definition) is 8. The molecule has 2 rings (SSSR count). The van der Waals surface area contributed by atoms with Gasteiger partial charge in [-0.15, -0.1) is 0 Å². The Labute approximate surface area is 187 Å². The number of urea groups is 1. The molecule has 0 aliphatic rings. The molecule has 1 N–H and O–H groups in total. The standard InChI is InChI=1S/C20H21F3N6O4/c1-19(2,3)12-28(16-8-9-25-15(11-24)27-16)29(33-17(30)20(21,22)23)18(31)26-13-6-5-7-14(10-13)32-4/h5-10H,12H2,1-4H3,(H,26,31). The van der Waals surface area contributed by atoms with E-state index in [9.17, 15) is 22.8 Å². The fraction of sp³-hybridized carbons (Fsp3) is 0.350. The van der Waals surface area contributed by atoms with Gasteiger partial charge in [-0.25, -0.2) is 19.6 Å². The molecule has 1 aromatic heterocycles. The number of nitrogens with zero attached hydrogens (tertiary/aromatic N) is 5. The third-order valence-electron chi connectivity index (χ3n) is 3.74. The highest BCUT2D eigenvalue weighted by Crippen LogP contribution is 2.26. The maximum Gasteiger partial charge on any atom is 0.493 e. The second-order valence-electron chi connectivity index (χ2n) is 7.78. The van der Waals surface area contributed by atoms with Gasteiger partial charge in [-0.3, -0.25) is 0 Å². The number of carbonyl (C=O) groups is 2. The molecule has 0 unspecified atom stereocenters. The molecular formula is C20H21F3N6O4. The zero-order valence-corrected chi connectivity index (χ0v) is 18.2. The Morgan fingerprint density at radius 2 is 1.91 bits per heavy atom. The van der Waals surface area contributed by atoms with Gasteiger partial charge in [-0.1, -0.05) is 26.8 Å². The van der Waals surface area contributed by atoms with Gasteiger partial charge in [-0.05, 0) is 22.7 Å². The quantitative estimate of drug-likeness (QED) is 0.663. The number of alkyl halides is 3. The second-order valence-corrected chi connectivity index (χ2v) is 7.78. The van der Waals surface area contributed by atoms with Crippen LogP contribution in [0.2, 0.25) is 0 Å². The highest BCUT2D eigenvalue weighted by molar-refractivity contribution is 5.91. The Bertz CT molecular complexity index is 1050. The zero-order valence-electron chi connectivity index (χ0n) is 18.2. The van der Waals surface area contributed by atoms with Gasteiger partial charge in [0.2, 0.25) is 5.82 Å². The number of nitriles is 1. The number of carbonyl (C=O) groups excluding carboxylic acids is 2. The van der Waals surface area contributed by atoms with E-state index >= 15 is 0 Å². The number of aromatic nitrogens is 2. The van der Waals surface area contributed by atoms with Crippen LogP contribution >= 0.6 is 0 Å². The molecule has 13 heteroatoms. The summed E-state index contributed by atoms with van der Waals surface area (Å²) in [5, 5.41) is 12.5. The molecule has 0 radical (unpaired) electrons. The average molecular weight is 466 g/mol. The van der Waals surface area contributed by atoms with Gasteiger partial charge >= 0.3 is 18.2 Å². The van der Waals surface area contributed by atoms with E-state index in [1.165, 1.54) is 37.6 Å². The highest BCUT2D eigenvalue weighted by atomic mass is 19.4. The molecule has 0 saturated heterocycles. The zero-order chi connectivity index (χ0) is 24.8. The van der Waals surface area contributed by atoms with Crippen LogP contribution in [-0.2, 0) is 9.63 Å². The molecule has 0 aliphatic heterocycles. The first-order valence-corrected chi connectivity index (χ1v) is 9.39. The van der Waals surface area contributed by atoms with Gasteiger partial charge in [0.15, 0.2) is 5.82 Å². The minimum atomic E-state index is -5.38. The average Bonchev–Trinajstić information content (AvgIpc) is 2.74. The summed E-state index contributed by atoms with van der Waals surface area (Å²) in [4.78, 5) is 36.7. The fourth-order valence-electron chi connectivity index (χ4n) is 2.44. The van der Waals surface area contributed by atoms with Crippen molar-refractivity contribution in [1.29, 1.82) is 5.26 Å². The number of ether oxygens (including phenoxy) is 1. The number of rotatable bonds is 5. The van der Waals surface area contributed by atoms with Crippen LogP contribution in [-0.4, -0.2) is 47.0 Å². The lowest BCUT2D eigenvalue weighted by molar-refractivity contribution is -0.229. The SMILES string of the molecule is COc1cccc(NC(=O)N(OC(=O)C(F)(F)F)N(CC(C)(C)C)c2ccnc(C#N)n2)c1. The molecule has 0 spiro atoms. The molecule has 2 aromatic rings. The van der Waals surface area contributed by atoms with Gasteiger partial charge in [0.25, 0.3) is 0 Å². The largest absolute Gasteiger partial charge is 0.497 e. The molecule has 0 fully saturated rings. The lowest BCUT2D eigenvalue weighted by Crippen LogP contribution is -2.54. The van der Waals surface area contributed by atoms with E-state index in [2.05, 4.69) is 20.1 Å². The van der Waals surface area contributed by atoms with E-state index in [4.69, 9.17) is 10.00 Å². The van der Waals surface area contributed by atoms with Crippen LogP contribution in [0.1, 0.15) is 26.6 Å². The van der Waals surface area contributed by atoms with Crippen molar-refractivity contribution in [2.45, 2.75) is 26.9 Å². The second kappa shape index (κ2) is 10.0. The molecule has 176 valence electrons. The third kappa shape index (κ3) is 7.23. The van der Waals surface area contributed by atoms with Crippen LogP contribution in [0.3, 0.4) is 0 Å². The molecule has 0 aliphatic carbocycles. The first-order chi connectivity index (χ1) is 15.3. The third-order valence-corrected chi connectivity index (χ3v) is 3.74. The first-order valence-electron chi connectivity index (χ1n) is 9.39. The number of hydrazine groups is 1. The summed E-state index contributed by atoms with van der Waals surface area (Å²) in [7, 11) is 1.39. The molecule has 0 bridgehead atoms. The summed E-state index contributed by atoms with van der Waals surface area (Å²) in [5.74, 6) is -2.71. The number of benzene rings is 1. The minimum absolute atomic E-state index is 0.115. The van der Waals surface area contributed by atoms with Crippen molar-refractivity contribution in [3.05, 3.63) is 42.4 Å². The van der Waals surface area contributed by atoms with Crippen molar-refractivity contribution in [2.24, 2.45) is 5.41 Å². The van der Waals surface area contributed by atoms with Gasteiger partial charge in [0, 0.05) is 30.6 Å². The van der Waals surface area contributed by atoms with Gasteiger partial charge in [-0.2, -0.15) is 23.4 Å². The van der Waals surface area contributed by atoms with Crippen LogP contribution in [0.25, 0.3) is 0 Å². The predicted molar refractivity (Wildman–Crippen MR) is 110 cm³/mol. The maximum atomic E-state index is 13.0. The predicted octanol–water partition coefficient (Wildman–Crippen LogP) is 3.68. The number of anilines is 2. The van der Waals surface area contributed by atoms with E-state index in [-0.39, 0.29) is 29.0 Å².